The maximum absolute atomic E-state index is 12.2. The van der Waals surface area contributed by atoms with Crippen molar-refractivity contribution in [3.63, 3.8) is 0 Å². The normalized spacial score (nSPS) is 10.6. The van der Waals surface area contributed by atoms with Crippen LogP contribution in [0.15, 0.2) is 83.4 Å². The highest BCUT2D eigenvalue weighted by atomic mass is 16.5. The lowest BCUT2D eigenvalue weighted by molar-refractivity contribution is -0.123. The predicted molar refractivity (Wildman–Crippen MR) is 119 cm³/mol. The van der Waals surface area contributed by atoms with Gasteiger partial charge in [0.1, 0.15) is 5.75 Å². The van der Waals surface area contributed by atoms with Crippen LogP contribution in [0.3, 0.4) is 0 Å². The number of nitrogens with zero attached hydrogens (tertiary/aromatic N) is 2. The van der Waals surface area contributed by atoms with Crippen LogP contribution in [0.4, 0.5) is 0 Å². The smallest absolute Gasteiger partial charge is 0.262 e. The van der Waals surface area contributed by atoms with Crippen molar-refractivity contribution in [2.75, 3.05) is 13.2 Å². The number of aromatic nitrogens is 2. The molecule has 0 aliphatic carbocycles. The molecule has 0 fully saturated rings. The number of carbonyl (C=O) groups is 1. The highest BCUT2D eigenvalue weighted by Crippen LogP contribution is 2.30. The average molecular weight is 413 g/mol. The lowest BCUT2D eigenvalue weighted by Gasteiger charge is -2.09. The van der Waals surface area contributed by atoms with Crippen LogP contribution in [0.2, 0.25) is 0 Å². The Labute approximate surface area is 180 Å². The van der Waals surface area contributed by atoms with E-state index in [1.165, 1.54) is 5.56 Å². The summed E-state index contributed by atoms with van der Waals surface area (Å²) in [5.41, 5.74) is 3.79. The second kappa shape index (κ2) is 9.71. The molecule has 0 aliphatic rings. The maximum atomic E-state index is 12.2. The van der Waals surface area contributed by atoms with Gasteiger partial charge in [0.15, 0.2) is 6.61 Å². The standard InChI is InChI=1S/C25H23N3O3/c1-18-9-5-6-12-20(18)24-27-25(31-28-24)21-13-7-8-14-22(21)30-17-23(29)26-16-15-19-10-3-2-4-11-19/h2-14H,15-17H2,1H3,(H,26,29). The molecule has 0 saturated heterocycles. The number of hydrogen-bond acceptors (Lipinski definition) is 5. The molecular formula is C25H23N3O3. The fourth-order valence-corrected chi connectivity index (χ4v) is 3.22. The molecule has 0 unspecified atom stereocenters. The Bertz CT molecular complexity index is 1160. The van der Waals surface area contributed by atoms with Gasteiger partial charge in [0, 0.05) is 12.1 Å². The van der Waals surface area contributed by atoms with Crippen LogP contribution in [-0.4, -0.2) is 29.2 Å². The Morgan fingerprint density at radius 3 is 2.45 bits per heavy atom. The van der Waals surface area contributed by atoms with E-state index in [9.17, 15) is 4.79 Å². The van der Waals surface area contributed by atoms with E-state index in [0.29, 0.717) is 29.6 Å². The number of para-hydroxylation sites is 1. The number of benzene rings is 3. The lowest BCUT2D eigenvalue weighted by Crippen LogP contribution is -2.30. The molecule has 0 saturated carbocycles. The van der Waals surface area contributed by atoms with Crippen LogP contribution in [0.25, 0.3) is 22.8 Å². The summed E-state index contributed by atoms with van der Waals surface area (Å²) in [7, 11) is 0. The van der Waals surface area contributed by atoms with Crippen molar-refractivity contribution in [3.05, 3.63) is 90.0 Å². The van der Waals surface area contributed by atoms with Crippen molar-refractivity contribution >= 4 is 5.91 Å². The van der Waals surface area contributed by atoms with Crippen molar-refractivity contribution in [2.24, 2.45) is 0 Å². The minimum absolute atomic E-state index is 0.0927. The molecule has 4 aromatic rings. The molecule has 0 spiro atoms. The summed E-state index contributed by atoms with van der Waals surface area (Å²) in [6.07, 6.45) is 0.771. The number of carbonyl (C=O) groups excluding carboxylic acids is 1. The van der Waals surface area contributed by atoms with Gasteiger partial charge in [-0.2, -0.15) is 4.98 Å². The number of hydrogen-bond donors (Lipinski definition) is 1. The third-order valence-electron chi connectivity index (χ3n) is 4.87. The zero-order valence-electron chi connectivity index (χ0n) is 17.2. The fourth-order valence-electron chi connectivity index (χ4n) is 3.22. The third kappa shape index (κ3) is 5.17. The van der Waals surface area contributed by atoms with Gasteiger partial charge < -0.3 is 14.6 Å². The molecule has 31 heavy (non-hydrogen) atoms. The number of aryl methyl sites for hydroxylation is 1. The van der Waals surface area contributed by atoms with Gasteiger partial charge in [-0.15, -0.1) is 0 Å². The van der Waals surface area contributed by atoms with Gasteiger partial charge in [-0.05, 0) is 36.6 Å². The monoisotopic (exact) mass is 413 g/mol. The van der Waals surface area contributed by atoms with E-state index in [4.69, 9.17) is 9.26 Å². The molecule has 0 radical (unpaired) electrons. The average Bonchev–Trinajstić information content (AvgIpc) is 3.29. The summed E-state index contributed by atoms with van der Waals surface area (Å²) >= 11 is 0. The Hall–Kier alpha value is -3.93. The molecule has 1 heterocycles. The summed E-state index contributed by atoms with van der Waals surface area (Å²) < 4.78 is 11.2. The van der Waals surface area contributed by atoms with Crippen molar-refractivity contribution < 1.29 is 14.1 Å². The molecule has 6 nitrogen and oxygen atoms in total. The molecular weight excluding hydrogens is 390 g/mol. The quantitative estimate of drug-likeness (QED) is 0.462. The van der Waals surface area contributed by atoms with Crippen molar-refractivity contribution in [1.82, 2.24) is 15.5 Å². The topological polar surface area (TPSA) is 77.2 Å². The first kappa shape index (κ1) is 20.3. The van der Waals surface area contributed by atoms with E-state index < -0.39 is 0 Å². The fraction of sp³-hybridized carbons (Fsp3) is 0.160. The lowest BCUT2D eigenvalue weighted by atomic mass is 10.1. The molecule has 1 N–H and O–H groups in total. The highest BCUT2D eigenvalue weighted by molar-refractivity contribution is 5.78. The van der Waals surface area contributed by atoms with Crippen LogP contribution in [-0.2, 0) is 11.2 Å². The zero-order valence-corrected chi connectivity index (χ0v) is 17.2. The minimum atomic E-state index is -0.183. The molecule has 1 amide bonds. The highest BCUT2D eigenvalue weighted by Gasteiger charge is 2.16. The summed E-state index contributed by atoms with van der Waals surface area (Å²) in [5.74, 6) is 1.19. The van der Waals surface area contributed by atoms with Gasteiger partial charge in [0.25, 0.3) is 11.8 Å². The van der Waals surface area contributed by atoms with E-state index in [0.717, 1.165) is 17.5 Å². The maximum Gasteiger partial charge on any atom is 0.262 e. The number of amides is 1. The Morgan fingerprint density at radius 2 is 1.65 bits per heavy atom. The predicted octanol–water partition coefficient (Wildman–Crippen LogP) is 4.45. The summed E-state index contributed by atoms with van der Waals surface area (Å²) in [6, 6.07) is 25.2. The van der Waals surface area contributed by atoms with Gasteiger partial charge in [-0.25, -0.2) is 0 Å². The Balaban J connectivity index is 1.39. The summed E-state index contributed by atoms with van der Waals surface area (Å²) in [5, 5.41) is 6.99. The van der Waals surface area contributed by atoms with Crippen LogP contribution in [0.1, 0.15) is 11.1 Å². The number of ether oxygens (including phenoxy) is 1. The second-order valence-corrected chi connectivity index (χ2v) is 7.11. The van der Waals surface area contributed by atoms with Crippen LogP contribution in [0.5, 0.6) is 5.75 Å². The van der Waals surface area contributed by atoms with Crippen molar-refractivity contribution in [3.8, 4) is 28.6 Å². The SMILES string of the molecule is Cc1ccccc1-c1noc(-c2ccccc2OCC(=O)NCCc2ccccc2)n1. The molecule has 1 aromatic heterocycles. The first-order chi connectivity index (χ1) is 15.2. The first-order valence-corrected chi connectivity index (χ1v) is 10.1. The van der Waals surface area contributed by atoms with Gasteiger partial charge in [-0.1, -0.05) is 71.9 Å². The van der Waals surface area contributed by atoms with E-state index in [-0.39, 0.29) is 12.5 Å². The first-order valence-electron chi connectivity index (χ1n) is 10.1. The van der Waals surface area contributed by atoms with E-state index in [1.54, 1.807) is 6.07 Å². The van der Waals surface area contributed by atoms with Crippen LogP contribution in [0, 0.1) is 6.92 Å². The molecule has 156 valence electrons. The zero-order chi connectivity index (χ0) is 21.5. The van der Waals surface area contributed by atoms with Gasteiger partial charge in [-0.3, -0.25) is 4.79 Å². The molecule has 0 aliphatic heterocycles. The Morgan fingerprint density at radius 1 is 0.935 bits per heavy atom. The Kier molecular flexibility index (Phi) is 6.38. The summed E-state index contributed by atoms with van der Waals surface area (Å²) in [4.78, 5) is 16.7. The number of nitrogens with one attached hydrogen (secondary N) is 1. The molecule has 6 heteroatoms. The number of rotatable bonds is 8. The van der Waals surface area contributed by atoms with E-state index >= 15 is 0 Å². The van der Waals surface area contributed by atoms with Crippen molar-refractivity contribution in [2.45, 2.75) is 13.3 Å². The molecule has 4 rings (SSSR count). The van der Waals surface area contributed by atoms with Gasteiger partial charge >= 0.3 is 0 Å². The minimum Gasteiger partial charge on any atom is -0.483 e. The molecule has 3 aromatic carbocycles. The van der Waals surface area contributed by atoms with E-state index in [2.05, 4.69) is 15.5 Å². The van der Waals surface area contributed by atoms with Crippen LogP contribution >= 0.6 is 0 Å². The van der Waals surface area contributed by atoms with Gasteiger partial charge in [0.05, 0.1) is 5.56 Å². The third-order valence-corrected chi connectivity index (χ3v) is 4.87. The van der Waals surface area contributed by atoms with Crippen LogP contribution < -0.4 is 10.1 Å². The molecule has 0 atom stereocenters. The summed E-state index contributed by atoms with van der Waals surface area (Å²) in [6.45, 7) is 2.46. The largest absolute Gasteiger partial charge is 0.483 e. The second-order valence-electron chi connectivity index (χ2n) is 7.11. The van der Waals surface area contributed by atoms with Gasteiger partial charge in [0.2, 0.25) is 5.82 Å². The molecule has 0 bridgehead atoms. The van der Waals surface area contributed by atoms with Crippen molar-refractivity contribution in [1.29, 1.82) is 0 Å². The van der Waals surface area contributed by atoms with E-state index in [1.807, 2.05) is 79.7 Å².